The van der Waals surface area contributed by atoms with Gasteiger partial charge in [0.2, 0.25) is 5.95 Å². The zero-order chi connectivity index (χ0) is 31.1. The number of benzene rings is 3. The molecule has 10 heteroatoms. The molecule has 3 aromatic carbocycles. The Kier molecular flexibility index (Phi) is 7.42. The molecule has 9 nitrogen and oxygen atoms in total. The third kappa shape index (κ3) is 5.38. The molecule has 2 atom stereocenters. The Morgan fingerprint density at radius 2 is 1.78 bits per heavy atom. The van der Waals surface area contributed by atoms with Gasteiger partial charge >= 0.3 is 0 Å². The molecular formula is C35H31FN6O3. The summed E-state index contributed by atoms with van der Waals surface area (Å²) in [5.41, 5.74) is 2.75. The van der Waals surface area contributed by atoms with E-state index in [1.807, 2.05) is 29.2 Å². The molecule has 0 spiro atoms. The van der Waals surface area contributed by atoms with Gasteiger partial charge in [-0.1, -0.05) is 54.6 Å². The number of nitrogens with zero attached hydrogens (tertiary/aromatic N) is 4. The van der Waals surface area contributed by atoms with Gasteiger partial charge in [-0.05, 0) is 42.3 Å². The fourth-order valence-electron chi connectivity index (χ4n) is 6.31. The first kappa shape index (κ1) is 28.5. The third-order valence-electron chi connectivity index (χ3n) is 8.65. The SMILES string of the molecule is CC1CNCCN1c1ccc(Nc2ncc3cc(C(=O)c4ccccc4)c(=O)n(C4Cc5ccccc5CC4=O)c3n2)cc1F. The van der Waals surface area contributed by atoms with Crippen LogP contribution in [0.25, 0.3) is 11.0 Å². The highest BCUT2D eigenvalue weighted by Gasteiger charge is 2.32. The highest BCUT2D eigenvalue weighted by Crippen LogP contribution is 2.30. The average Bonchev–Trinajstić information content (AvgIpc) is 3.05. The van der Waals surface area contributed by atoms with Crippen LogP contribution in [0.15, 0.2) is 89.9 Å². The summed E-state index contributed by atoms with van der Waals surface area (Å²) in [6.45, 7) is 4.31. The molecule has 5 aromatic rings. The lowest BCUT2D eigenvalue weighted by molar-refractivity contribution is -0.122. The molecule has 2 N–H and O–H groups in total. The number of pyridine rings is 1. The average molecular weight is 603 g/mol. The van der Waals surface area contributed by atoms with Gasteiger partial charge in [0, 0.05) is 61.4 Å². The van der Waals surface area contributed by atoms with E-state index in [0.29, 0.717) is 28.9 Å². The number of fused-ring (bicyclic) bond motifs is 2. The van der Waals surface area contributed by atoms with Crippen molar-refractivity contribution >= 4 is 39.9 Å². The van der Waals surface area contributed by atoms with Gasteiger partial charge in [0.15, 0.2) is 11.6 Å². The van der Waals surface area contributed by atoms with Gasteiger partial charge in [0.1, 0.15) is 17.5 Å². The van der Waals surface area contributed by atoms with Crippen LogP contribution < -0.4 is 21.1 Å². The number of Topliss-reactive ketones (excluding diaryl/α,β-unsaturated/α-hetero) is 1. The molecule has 2 aliphatic rings. The van der Waals surface area contributed by atoms with Crippen molar-refractivity contribution < 1.29 is 14.0 Å². The van der Waals surface area contributed by atoms with Crippen molar-refractivity contribution in [2.45, 2.75) is 31.8 Å². The molecule has 0 radical (unpaired) electrons. The van der Waals surface area contributed by atoms with E-state index in [4.69, 9.17) is 0 Å². The van der Waals surface area contributed by atoms with Gasteiger partial charge in [-0.3, -0.25) is 19.0 Å². The topological polar surface area (TPSA) is 109 Å². The standard InChI is InChI=1S/C35H31FN6O3/c1-21-19-37-13-14-41(21)29-12-11-26(18-28(29)36)39-35-38-20-25-15-27(32(44)22-7-3-2-4-8-22)34(45)42(33(25)40-35)30-16-23-9-5-6-10-24(23)17-31(30)43/h2-12,15,18,20-21,30,37H,13-14,16-17,19H2,1H3,(H,38,39,40). The summed E-state index contributed by atoms with van der Waals surface area (Å²) < 4.78 is 16.6. The summed E-state index contributed by atoms with van der Waals surface area (Å²) in [6.07, 6.45) is 1.97. The number of halogens is 1. The van der Waals surface area contributed by atoms with Crippen molar-refractivity contribution in [1.82, 2.24) is 19.9 Å². The normalized spacial score (nSPS) is 18.1. The lowest BCUT2D eigenvalue weighted by Gasteiger charge is -2.36. The molecule has 1 aliphatic carbocycles. The molecule has 1 saturated heterocycles. The van der Waals surface area contributed by atoms with Gasteiger partial charge in [-0.25, -0.2) is 9.37 Å². The maximum atomic E-state index is 15.3. The summed E-state index contributed by atoms with van der Waals surface area (Å²) >= 11 is 0. The Bertz CT molecular complexity index is 2010. The summed E-state index contributed by atoms with van der Waals surface area (Å²) in [6, 6.07) is 21.9. The molecule has 45 heavy (non-hydrogen) atoms. The minimum absolute atomic E-state index is 0.0653. The molecule has 0 amide bonds. The minimum atomic E-state index is -0.862. The fourth-order valence-corrected chi connectivity index (χ4v) is 6.31. The zero-order valence-electron chi connectivity index (χ0n) is 24.7. The molecule has 2 unspecified atom stereocenters. The summed E-state index contributed by atoms with van der Waals surface area (Å²) in [5.74, 6) is -0.836. The molecule has 0 bridgehead atoms. The van der Waals surface area contributed by atoms with Crippen molar-refractivity contribution in [3.8, 4) is 0 Å². The Labute approximate surface area is 258 Å². The Hall–Kier alpha value is -5.22. The number of carbonyl (C=O) groups is 2. The Balaban J connectivity index is 1.30. The number of piperazine rings is 1. The van der Waals surface area contributed by atoms with E-state index in [9.17, 15) is 14.4 Å². The Morgan fingerprint density at radius 3 is 2.56 bits per heavy atom. The number of anilines is 3. The predicted octanol–water partition coefficient (Wildman–Crippen LogP) is 4.61. The highest BCUT2D eigenvalue weighted by molar-refractivity contribution is 6.10. The van der Waals surface area contributed by atoms with Gasteiger partial charge in [-0.15, -0.1) is 0 Å². The van der Waals surface area contributed by atoms with Gasteiger partial charge in [0.25, 0.3) is 5.56 Å². The molecule has 1 fully saturated rings. The van der Waals surface area contributed by atoms with E-state index in [-0.39, 0.29) is 47.6 Å². The second-order valence-corrected chi connectivity index (χ2v) is 11.6. The first-order valence-corrected chi connectivity index (χ1v) is 15.0. The molecule has 226 valence electrons. The van der Waals surface area contributed by atoms with Gasteiger partial charge in [-0.2, -0.15) is 4.98 Å². The van der Waals surface area contributed by atoms with E-state index in [0.717, 1.165) is 24.2 Å². The number of ketones is 2. The summed E-state index contributed by atoms with van der Waals surface area (Å²) in [4.78, 5) is 52.3. The molecular weight excluding hydrogens is 571 g/mol. The number of hydrogen-bond donors (Lipinski definition) is 2. The number of hydrogen-bond acceptors (Lipinski definition) is 8. The molecule has 0 saturated carbocycles. The van der Waals surface area contributed by atoms with Crippen LogP contribution in [-0.4, -0.2) is 51.8 Å². The predicted molar refractivity (Wildman–Crippen MR) is 171 cm³/mol. The van der Waals surface area contributed by atoms with Crippen LogP contribution in [0.3, 0.4) is 0 Å². The smallest absolute Gasteiger partial charge is 0.264 e. The van der Waals surface area contributed by atoms with Crippen LogP contribution >= 0.6 is 0 Å². The lowest BCUT2D eigenvalue weighted by Crippen LogP contribution is -2.50. The molecule has 7 rings (SSSR count). The first-order valence-electron chi connectivity index (χ1n) is 15.0. The van der Waals surface area contributed by atoms with E-state index in [2.05, 4.69) is 27.5 Å². The second-order valence-electron chi connectivity index (χ2n) is 11.6. The van der Waals surface area contributed by atoms with Crippen molar-refractivity contribution in [2.75, 3.05) is 29.9 Å². The van der Waals surface area contributed by atoms with Crippen molar-refractivity contribution in [1.29, 1.82) is 0 Å². The van der Waals surface area contributed by atoms with Crippen LogP contribution in [-0.2, 0) is 17.6 Å². The van der Waals surface area contributed by atoms with E-state index in [1.54, 1.807) is 42.5 Å². The maximum Gasteiger partial charge on any atom is 0.264 e. The van der Waals surface area contributed by atoms with Crippen LogP contribution in [0.5, 0.6) is 0 Å². The van der Waals surface area contributed by atoms with Gasteiger partial charge < -0.3 is 15.5 Å². The lowest BCUT2D eigenvalue weighted by atomic mass is 9.87. The molecule has 3 heterocycles. The monoisotopic (exact) mass is 602 g/mol. The fraction of sp³-hybridized carbons (Fsp3) is 0.229. The van der Waals surface area contributed by atoms with Crippen LogP contribution in [0.2, 0.25) is 0 Å². The van der Waals surface area contributed by atoms with E-state index < -0.39 is 17.4 Å². The molecule has 2 aromatic heterocycles. The largest absolute Gasteiger partial charge is 0.364 e. The number of nitrogens with one attached hydrogen (secondary N) is 2. The van der Waals surface area contributed by atoms with Crippen molar-refractivity contribution in [3.05, 3.63) is 123 Å². The zero-order valence-corrected chi connectivity index (χ0v) is 24.7. The maximum absolute atomic E-state index is 15.3. The second kappa shape index (κ2) is 11.7. The first-order chi connectivity index (χ1) is 21.9. The van der Waals surface area contributed by atoms with E-state index in [1.165, 1.54) is 22.9 Å². The number of rotatable bonds is 6. The molecule has 1 aliphatic heterocycles. The van der Waals surface area contributed by atoms with Gasteiger partial charge in [0.05, 0.1) is 11.3 Å². The van der Waals surface area contributed by atoms with Crippen LogP contribution in [0.4, 0.5) is 21.7 Å². The van der Waals surface area contributed by atoms with Crippen LogP contribution in [0, 0.1) is 5.82 Å². The quantitative estimate of drug-likeness (QED) is 0.271. The summed E-state index contributed by atoms with van der Waals surface area (Å²) in [5, 5.41) is 6.80. The Morgan fingerprint density at radius 1 is 1.00 bits per heavy atom. The van der Waals surface area contributed by atoms with Crippen LogP contribution in [0.1, 0.15) is 40.0 Å². The van der Waals surface area contributed by atoms with Crippen molar-refractivity contribution in [3.63, 3.8) is 0 Å². The highest BCUT2D eigenvalue weighted by atomic mass is 19.1. The summed E-state index contributed by atoms with van der Waals surface area (Å²) in [7, 11) is 0. The minimum Gasteiger partial charge on any atom is -0.364 e. The number of carbonyl (C=O) groups excluding carboxylic acids is 2. The number of aromatic nitrogens is 3. The van der Waals surface area contributed by atoms with E-state index >= 15 is 4.39 Å². The third-order valence-corrected chi connectivity index (χ3v) is 8.65. The van der Waals surface area contributed by atoms with Crippen molar-refractivity contribution in [2.24, 2.45) is 0 Å².